The third kappa shape index (κ3) is 2.76. The van der Waals surface area contributed by atoms with Gasteiger partial charge in [-0.2, -0.15) is 0 Å². The molecule has 0 saturated carbocycles. The molecule has 0 atom stereocenters. The van der Waals surface area contributed by atoms with Gasteiger partial charge in [-0.25, -0.2) is 0 Å². The first-order valence-corrected chi connectivity index (χ1v) is 3.67. The molecule has 6 heteroatoms. The fraction of sp³-hybridized carbons (Fsp3) is 0.667. The Morgan fingerprint density at radius 2 is 2.33 bits per heavy atom. The van der Waals surface area contributed by atoms with E-state index in [-0.39, 0.29) is 5.71 Å². The van der Waals surface area contributed by atoms with Crippen LogP contribution in [0.25, 0.3) is 5.53 Å². The standard InChI is InChI=1S/C6H11BN4O/c1-3-4-11(7-8)6(12)5(2)10-9/h8H,3-4H2,1-2H3. The third-order valence-corrected chi connectivity index (χ3v) is 1.34. The van der Waals surface area contributed by atoms with Gasteiger partial charge in [0.05, 0.1) is 0 Å². The van der Waals surface area contributed by atoms with E-state index in [0.29, 0.717) is 6.54 Å². The first-order chi connectivity index (χ1) is 5.67. The average molecular weight is 166 g/mol. The van der Waals surface area contributed by atoms with Crippen molar-refractivity contribution >= 4 is 18.8 Å². The van der Waals surface area contributed by atoms with Gasteiger partial charge in [-0.15, -0.1) is 0 Å². The van der Waals surface area contributed by atoms with Crippen LogP contribution in [0.4, 0.5) is 0 Å². The summed E-state index contributed by atoms with van der Waals surface area (Å²) < 4.78 is 0. The molecule has 0 heterocycles. The molecular formula is C6H11BN4O. The second-order valence-electron chi connectivity index (χ2n) is 2.31. The topological polar surface area (TPSA) is 80.6 Å². The predicted molar refractivity (Wildman–Crippen MR) is 44.8 cm³/mol. The van der Waals surface area contributed by atoms with E-state index < -0.39 is 5.91 Å². The molecule has 0 spiro atoms. The molecule has 0 aliphatic carbocycles. The van der Waals surface area contributed by atoms with Crippen LogP contribution in [0, 0.1) is 5.31 Å². The Balaban J connectivity index is 4.41. The van der Waals surface area contributed by atoms with Crippen molar-refractivity contribution in [1.29, 1.82) is 5.31 Å². The van der Waals surface area contributed by atoms with Gasteiger partial charge in [0.25, 0.3) is 0 Å². The average Bonchev–Trinajstić information content (AvgIpc) is 2.11. The molecule has 0 unspecified atom stereocenters. The maximum absolute atomic E-state index is 11.2. The zero-order chi connectivity index (χ0) is 9.56. The summed E-state index contributed by atoms with van der Waals surface area (Å²) in [4.78, 5) is 15.1. The Hall–Kier alpha value is -1.29. The molecule has 0 radical (unpaired) electrons. The molecule has 0 bridgehead atoms. The fourth-order valence-corrected chi connectivity index (χ4v) is 0.716. The molecular weight excluding hydrogens is 155 g/mol. The van der Waals surface area contributed by atoms with E-state index >= 15 is 0 Å². The van der Waals surface area contributed by atoms with Gasteiger partial charge in [-0.1, -0.05) is 0 Å². The van der Waals surface area contributed by atoms with Crippen molar-refractivity contribution in [3.63, 3.8) is 0 Å². The summed E-state index contributed by atoms with van der Waals surface area (Å²) >= 11 is 0. The molecule has 0 aliphatic rings. The summed E-state index contributed by atoms with van der Waals surface area (Å²) in [6, 6.07) is 0. The van der Waals surface area contributed by atoms with Gasteiger partial charge in [0.1, 0.15) is 0 Å². The molecule has 1 N–H and O–H groups in total. The van der Waals surface area contributed by atoms with E-state index in [1.165, 1.54) is 11.7 Å². The molecule has 0 aromatic carbocycles. The first kappa shape index (κ1) is 10.7. The Morgan fingerprint density at radius 3 is 2.67 bits per heavy atom. The normalized spacial score (nSPS) is 8.17. The van der Waals surface area contributed by atoms with Crippen LogP contribution in [0.1, 0.15) is 20.3 Å². The molecule has 0 saturated heterocycles. The van der Waals surface area contributed by atoms with E-state index in [9.17, 15) is 4.79 Å². The monoisotopic (exact) mass is 166 g/mol. The van der Waals surface area contributed by atoms with Crippen LogP contribution < -0.4 is 0 Å². The summed E-state index contributed by atoms with van der Waals surface area (Å²) in [5.74, 6) is -0.436. The van der Waals surface area contributed by atoms with E-state index in [1.807, 2.05) is 6.92 Å². The summed E-state index contributed by atoms with van der Waals surface area (Å²) in [7, 11) is 0.931. The van der Waals surface area contributed by atoms with Crippen LogP contribution in [-0.2, 0) is 4.79 Å². The van der Waals surface area contributed by atoms with E-state index in [2.05, 4.69) is 4.79 Å². The molecule has 0 fully saturated rings. The van der Waals surface area contributed by atoms with Crippen molar-refractivity contribution in [2.45, 2.75) is 20.3 Å². The van der Waals surface area contributed by atoms with Crippen molar-refractivity contribution in [3.05, 3.63) is 5.53 Å². The molecule has 64 valence electrons. The van der Waals surface area contributed by atoms with E-state index in [1.54, 1.807) is 0 Å². The van der Waals surface area contributed by atoms with Crippen molar-refractivity contribution in [3.8, 4) is 0 Å². The molecule has 0 aromatic heterocycles. The maximum atomic E-state index is 11.2. The fourth-order valence-electron chi connectivity index (χ4n) is 0.716. The molecule has 0 aromatic rings. The van der Waals surface area contributed by atoms with Crippen molar-refractivity contribution in [1.82, 2.24) is 4.81 Å². The quantitative estimate of drug-likeness (QED) is 0.277. The minimum atomic E-state index is -0.436. The van der Waals surface area contributed by atoms with Crippen LogP contribution in [-0.4, -0.2) is 35.0 Å². The molecule has 0 rings (SSSR count). The van der Waals surface area contributed by atoms with Gasteiger partial charge in [-0.3, -0.25) is 0 Å². The molecule has 0 aliphatic heterocycles. The summed E-state index contributed by atoms with van der Waals surface area (Å²) in [5, 5.41) is 6.91. The number of nitrogens with zero attached hydrogens (tertiary/aromatic N) is 3. The van der Waals surface area contributed by atoms with Crippen molar-refractivity contribution in [2.24, 2.45) is 0 Å². The predicted octanol–water partition coefficient (Wildman–Crippen LogP) is 0.297. The number of hydrogen-bond acceptors (Lipinski definition) is 2. The third-order valence-electron chi connectivity index (χ3n) is 1.34. The number of carbonyl (C=O) groups excluding carboxylic acids is 1. The molecule has 5 nitrogen and oxygen atoms in total. The Kier molecular flexibility index (Phi) is 4.80. The minimum absolute atomic E-state index is 0.00745. The van der Waals surface area contributed by atoms with Crippen LogP contribution in [0.5, 0.6) is 0 Å². The Bertz CT molecular complexity index is 234. The molecule has 12 heavy (non-hydrogen) atoms. The number of carbonyl (C=O) groups is 1. The van der Waals surface area contributed by atoms with Crippen LogP contribution >= 0.6 is 0 Å². The second kappa shape index (κ2) is 5.38. The van der Waals surface area contributed by atoms with Gasteiger partial charge in [0, 0.05) is 0 Å². The zero-order valence-corrected chi connectivity index (χ0v) is 7.24. The number of nitrogens with one attached hydrogen (secondary N) is 1. The zero-order valence-electron chi connectivity index (χ0n) is 7.24. The Labute approximate surface area is 71.8 Å². The van der Waals surface area contributed by atoms with Crippen molar-refractivity contribution < 1.29 is 9.58 Å². The van der Waals surface area contributed by atoms with Gasteiger partial charge in [0.15, 0.2) is 0 Å². The summed E-state index contributed by atoms with van der Waals surface area (Å²) in [5.41, 5.74) is 8.28. The van der Waals surface area contributed by atoms with Crippen LogP contribution in [0.2, 0.25) is 0 Å². The van der Waals surface area contributed by atoms with E-state index in [4.69, 9.17) is 10.8 Å². The number of amides is 1. The van der Waals surface area contributed by atoms with Crippen molar-refractivity contribution in [2.75, 3.05) is 6.54 Å². The van der Waals surface area contributed by atoms with Crippen LogP contribution in [0.3, 0.4) is 0 Å². The van der Waals surface area contributed by atoms with Crippen LogP contribution in [0.15, 0.2) is 0 Å². The van der Waals surface area contributed by atoms with Gasteiger partial charge in [-0.05, 0) is 0 Å². The molecule has 1 amide bonds. The summed E-state index contributed by atoms with van der Waals surface area (Å²) in [6.45, 7) is 3.76. The Morgan fingerprint density at radius 1 is 1.75 bits per heavy atom. The number of hydrogen-bond donors (Lipinski definition) is 1. The number of rotatable bonds is 4. The SMILES string of the molecule is CCCN(B=N)C(=O)C(C)=[N+]=[N-]. The first-order valence-electron chi connectivity index (χ1n) is 3.67. The summed E-state index contributed by atoms with van der Waals surface area (Å²) in [6.07, 6.45) is 0.764. The second-order valence-corrected chi connectivity index (χ2v) is 2.31. The van der Waals surface area contributed by atoms with Gasteiger partial charge in [0.2, 0.25) is 0 Å². The van der Waals surface area contributed by atoms with E-state index in [0.717, 1.165) is 13.6 Å². The van der Waals surface area contributed by atoms with Gasteiger partial charge >= 0.3 is 70.9 Å². The van der Waals surface area contributed by atoms with Gasteiger partial charge < -0.3 is 0 Å².